The van der Waals surface area contributed by atoms with Crippen LogP contribution in [0.15, 0.2) is 23.3 Å². The molecule has 0 amide bonds. The normalized spacial score (nSPS) is 50.4. The Kier molecular flexibility index (Phi) is 4.90. The molecule has 0 aromatic rings. The van der Waals surface area contributed by atoms with Crippen molar-refractivity contribution in [3.8, 4) is 0 Å². The van der Waals surface area contributed by atoms with Crippen molar-refractivity contribution >= 4 is 0 Å². The lowest BCUT2D eigenvalue weighted by Crippen LogP contribution is -2.54. The third kappa shape index (κ3) is 2.67. The highest BCUT2D eigenvalue weighted by Gasteiger charge is 2.65. The van der Waals surface area contributed by atoms with Crippen LogP contribution >= 0.6 is 0 Å². The van der Waals surface area contributed by atoms with Gasteiger partial charge in [0, 0.05) is 18.0 Å². The van der Waals surface area contributed by atoms with E-state index in [9.17, 15) is 0 Å². The average molecular weight is 413 g/mol. The molecule has 1 saturated heterocycles. The van der Waals surface area contributed by atoms with Gasteiger partial charge in [-0.1, -0.05) is 45.4 Å². The Morgan fingerprint density at radius 2 is 1.80 bits per heavy atom. The van der Waals surface area contributed by atoms with E-state index in [2.05, 4.69) is 71.1 Å². The fraction of sp³-hybridized carbons (Fsp3) is 0.852. The quantitative estimate of drug-likeness (QED) is 0.625. The van der Waals surface area contributed by atoms with Gasteiger partial charge >= 0.3 is 0 Å². The largest absolute Gasteiger partial charge is 0.362 e. The molecule has 3 nitrogen and oxygen atoms in total. The number of nitrogens with one attached hydrogen (secondary N) is 1. The number of allylic oxidation sites excluding steroid dienone is 4. The molecule has 0 radical (unpaired) electrons. The Balaban J connectivity index is 1.51. The van der Waals surface area contributed by atoms with Crippen LogP contribution in [-0.2, 0) is 4.74 Å². The summed E-state index contributed by atoms with van der Waals surface area (Å²) >= 11 is 0. The zero-order chi connectivity index (χ0) is 21.5. The smallest absolute Gasteiger partial charge is 0.0994 e. The fourth-order valence-corrected chi connectivity index (χ4v) is 8.95. The van der Waals surface area contributed by atoms with Crippen molar-refractivity contribution in [1.29, 1.82) is 0 Å². The Labute approximate surface area is 184 Å². The van der Waals surface area contributed by atoms with Gasteiger partial charge in [-0.25, -0.2) is 0 Å². The predicted molar refractivity (Wildman–Crippen MR) is 124 cm³/mol. The van der Waals surface area contributed by atoms with Crippen molar-refractivity contribution in [2.45, 2.75) is 91.3 Å². The van der Waals surface area contributed by atoms with Crippen molar-refractivity contribution < 1.29 is 4.74 Å². The van der Waals surface area contributed by atoms with E-state index in [4.69, 9.17) is 4.74 Å². The molecule has 5 aliphatic rings. The molecule has 8 unspecified atom stereocenters. The third-order valence-corrected chi connectivity index (χ3v) is 11.1. The van der Waals surface area contributed by atoms with Gasteiger partial charge in [0.25, 0.3) is 0 Å². The summed E-state index contributed by atoms with van der Waals surface area (Å²) in [6.45, 7) is 13.5. The highest BCUT2D eigenvalue weighted by atomic mass is 16.5. The molecule has 1 aliphatic heterocycles. The molecule has 3 heteroatoms. The molecule has 1 heterocycles. The van der Waals surface area contributed by atoms with Crippen LogP contribution < -0.4 is 5.32 Å². The van der Waals surface area contributed by atoms with Crippen molar-refractivity contribution in [3.63, 3.8) is 0 Å². The number of hydrogen-bond acceptors (Lipinski definition) is 3. The summed E-state index contributed by atoms with van der Waals surface area (Å²) in [4.78, 5) is 2.43. The Hall–Kier alpha value is -0.640. The molecule has 1 N–H and O–H groups in total. The third-order valence-electron chi connectivity index (χ3n) is 11.1. The molecular weight excluding hydrogens is 368 g/mol. The number of nitrogens with zero attached hydrogens (tertiary/aromatic N) is 1. The van der Waals surface area contributed by atoms with Gasteiger partial charge < -0.3 is 10.1 Å². The van der Waals surface area contributed by atoms with Gasteiger partial charge in [0.15, 0.2) is 0 Å². The van der Waals surface area contributed by atoms with Crippen LogP contribution in [0.5, 0.6) is 0 Å². The van der Waals surface area contributed by atoms with Crippen LogP contribution in [0.25, 0.3) is 0 Å². The van der Waals surface area contributed by atoms with Crippen molar-refractivity contribution in [2.24, 2.45) is 34.0 Å². The molecule has 8 atom stereocenters. The van der Waals surface area contributed by atoms with Crippen molar-refractivity contribution in [2.75, 3.05) is 20.8 Å². The molecule has 5 rings (SSSR count). The first-order chi connectivity index (χ1) is 14.1. The summed E-state index contributed by atoms with van der Waals surface area (Å²) in [5, 5.41) is 3.64. The first-order valence-electron chi connectivity index (χ1n) is 12.5. The van der Waals surface area contributed by atoms with Crippen LogP contribution in [0.2, 0.25) is 0 Å². The maximum atomic E-state index is 6.45. The van der Waals surface area contributed by atoms with Crippen LogP contribution in [-0.4, -0.2) is 43.9 Å². The van der Waals surface area contributed by atoms with E-state index in [1.807, 2.05) is 0 Å². The van der Waals surface area contributed by atoms with E-state index in [0.29, 0.717) is 46.3 Å². The Bertz CT molecular complexity index is 769. The lowest BCUT2D eigenvalue weighted by molar-refractivity contribution is -0.131. The summed E-state index contributed by atoms with van der Waals surface area (Å²) in [6, 6.07) is 1.24. The van der Waals surface area contributed by atoms with Crippen LogP contribution in [0.3, 0.4) is 0 Å². The van der Waals surface area contributed by atoms with Crippen LogP contribution in [0, 0.1) is 34.0 Å². The lowest BCUT2D eigenvalue weighted by Gasteiger charge is -2.54. The lowest BCUT2D eigenvalue weighted by atomic mass is 9.51. The second kappa shape index (κ2) is 6.93. The van der Waals surface area contributed by atoms with E-state index < -0.39 is 0 Å². The minimum Gasteiger partial charge on any atom is -0.362 e. The van der Waals surface area contributed by atoms with Crippen LogP contribution in [0.4, 0.5) is 0 Å². The van der Waals surface area contributed by atoms with Crippen molar-refractivity contribution in [1.82, 2.24) is 10.2 Å². The Morgan fingerprint density at radius 1 is 1.07 bits per heavy atom. The second-order valence-electron chi connectivity index (χ2n) is 12.4. The zero-order valence-corrected chi connectivity index (χ0v) is 20.4. The molecule has 2 saturated carbocycles. The molecule has 0 spiro atoms. The number of ether oxygens (including phenoxy) is 1. The summed E-state index contributed by atoms with van der Waals surface area (Å²) in [7, 11) is 4.40. The highest BCUT2D eigenvalue weighted by Crippen LogP contribution is 2.69. The molecule has 0 bridgehead atoms. The monoisotopic (exact) mass is 412 g/mol. The molecule has 4 aliphatic carbocycles. The minimum absolute atomic E-state index is 0.330. The van der Waals surface area contributed by atoms with Gasteiger partial charge in [-0.15, -0.1) is 0 Å². The summed E-state index contributed by atoms with van der Waals surface area (Å²) in [6.07, 6.45) is 13.5. The van der Waals surface area contributed by atoms with Gasteiger partial charge in [0.05, 0.1) is 12.8 Å². The van der Waals surface area contributed by atoms with Gasteiger partial charge in [0.2, 0.25) is 0 Å². The molecule has 0 aromatic carbocycles. The molecule has 3 fully saturated rings. The van der Waals surface area contributed by atoms with E-state index >= 15 is 0 Å². The first-order valence-corrected chi connectivity index (χ1v) is 12.5. The minimum atomic E-state index is 0.330. The zero-order valence-electron chi connectivity index (χ0n) is 20.4. The summed E-state index contributed by atoms with van der Waals surface area (Å²) < 4.78 is 6.45. The first kappa shape index (κ1) is 21.2. The SMILES string of the molecule is CNC1CCC2=CC3=CCC4(C)C5C(CC4(C)C3CCC2C1(C)C)OCN(C)C5C. The second-order valence-corrected chi connectivity index (χ2v) is 12.4. The number of rotatable bonds is 1. The molecule has 0 aromatic heterocycles. The van der Waals surface area contributed by atoms with E-state index in [-0.39, 0.29) is 0 Å². The standard InChI is InChI=1S/C27H44N2O/c1-17-24-22(30-16-29(17)7)15-27(5)21-10-9-20-18(8-11-23(28-6)25(20,2)3)14-19(21)12-13-26(24,27)4/h12,14,17,20-24,28H,8-11,13,15-16H2,1-7H3. The fourth-order valence-electron chi connectivity index (χ4n) is 8.95. The van der Waals surface area contributed by atoms with Crippen molar-refractivity contribution in [3.05, 3.63) is 23.3 Å². The average Bonchev–Trinajstić information content (AvgIpc) is 2.81. The summed E-state index contributed by atoms with van der Waals surface area (Å²) in [5.41, 5.74) is 4.42. The molecule has 168 valence electrons. The van der Waals surface area contributed by atoms with E-state index in [1.165, 1.54) is 38.5 Å². The topological polar surface area (TPSA) is 24.5 Å². The predicted octanol–water partition coefficient (Wildman–Crippen LogP) is 5.39. The van der Waals surface area contributed by atoms with E-state index in [0.717, 1.165) is 12.6 Å². The van der Waals surface area contributed by atoms with Gasteiger partial charge in [-0.3, -0.25) is 4.90 Å². The van der Waals surface area contributed by atoms with Gasteiger partial charge in [-0.05, 0) is 93.2 Å². The summed E-state index contributed by atoms with van der Waals surface area (Å²) in [5.74, 6) is 2.04. The maximum absolute atomic E-state index is 6.45. The molecule has 30 heavy (non-hydrogen) atoms. The maximum Gasteiger partial charge on any atom is 0.0994 e. The number of fused-ring (bicyclic) bond motifs is 6. The highest BCUT2D eigenvalue weighted by molar-refractivity contribution is 5.38. The number of hydrogen-bond donors (Lipinski definition) is 1. The molecular formula is C27H44N2O. The van der Waals surface area contributed by atoms with Gasteiger partial charge in [-0.2, -0.15) is 0 Å². The van der Waals surface area contributed by atoms with E-state index in [1.54, 1.807) is 11.1 Å². The van der Waals surface area contributed by atoms with Gasteiger partial charge in [0.1, 0.15) is 0 Å². The van der Waals surface area contributed by atoms with Crippen LogP contribution in [0.1, 0.15) is 73.1 Å². The Morgan fingerprint density at radius 3 is 2.53 bits per heavy atom.